The van der Waals surface area contributed by atoms with Crippen molar-refractivity contribution in [2.24, 2.45) is 0 Å². The first-order chi connectivity index (χ1) is 15.5. The fourth-order valence-electron chi connectivity index (χ4n) is 5.05. The summed E-state index contributed by atoms with van der Waals surface area (Å²) in [7, 11) is 1.99. The Labute approximate surface area is 191 Å². The quantitative estimate of drug-likeness (QED) is 0.731. The molecular formula is C25H36N6O. The number of nitrogens with zero attached hydrogens (tertiary/aromatic N) is 5. The van der Waals surface area contributed by atoms with Gasteiger partial charge in [0.05, 0.1) is 18.4 Å². The summed E-state index contributed by atoms with van der Waals surface area (Å²) in [6.45, 7) is 6.34. The van der Waals surface area contributed by atoms with Crippen LogP contribution in [0.1, 0.15) is 67.9 Å². The standard InChI is InChI=1S/C25H36N6O/c1-18-14-19(2)28-25(27-18)29-21-11-12-23(26-15-21)20-8-7-13-31(16-20)17-24(32)30(3)22-9-5-4-6-10-22/h11-12,14-15,20,22H,4-10,13,16-17H2,1-3H3,(H,27,28,29)/t20-/m1/s1. The molecule has 2 aromatic heterocycles. The van der Waals surface area contributed by atoms with Crippen molar-refractivity contribution in [3.8, 4) is 0 Å². The van der Waals surface area contributed by atoms with E-state index >= 15 is 0 Å². The number of pyridine rings is 1. The number of carbonyl (C=O) groups is 1. The van der Waals surface area contributed by atoms with Gasteiger partial charge in [-0.25, -0.2) is 9.97 Å². The molecule has 0 aromatic carbocycles. The number of aryl methyl sites for hydroxylation is 2. The van der Waals surface area contributed by atoms with E-state index in [2.05, 4.69) is 26.3 Å². The topological polar surface area (TPSA) is 74.2 Å². The van der Waals surface area contributed by atoms with Crippen LogP contribution in [0.2, 0.25) is 0 Å². The Balaban J connectivity index is 1.33. The van der Waals surface area contributed by atoms with E-state index in [-0.39, 0.29) is 5.91 Å². The molecule has 0 unspecified atom stereocenters. The number of aromatic nitrogens is 3. The SMILES string of the molecule is Cc1cc(C)nc(Nc2ccc([C@@H]3CCCN(CC(=O)N(C)C4CCCCC4)C3)nc2)n1. The number of piperidine rings is 1. The highest BCUT2D eigenvalue weighted by Gasteiger charge is 2.27. The van der Waals surface area contributed by atoms with Crippen LogP contribution in [0.3, 0.4) is 0 Å². The third kappa shape index (κ3) is 5.82. The van der Waals surface area contributed by atoms with Gasteiger partial charge >= 0.3 is 0 Å². The van der Waals surface area contributed by atoms with Crippen molar-refractivity contribution >= 4 is 17.5 Å². The molecule has 1 saturated carbocycles. The molecule has 32 heavy (non-hydrogen) atoms. The molecule has 2 fully saturated rings. The van der Waals surface area contributed by atoms with Crippen molar-refractivity contribution in [1.82, 2.24) is 24.8 Å². The Morgan fingerprint density at radius 1 is 1.09 bits per heavy atom. The van der Waals surface area contributed by atoms with Gasteiger partial charge in [0.1, 0.15) is 0 Å². The summed E-state index contributed by atoms with van der Waals surface area (Å²) in [6, 6.07) is 6.53. The Bertz CT molecular complexity index is 889. The predicted octanol–water partition coefficient (Wildman–Crippen LogP) is 4.20. The summed E-state index contributed by atoms with van der Waals surface area (Å²) in [5.41, 5.74) is 3.86. The summed E-state index contributed by atoms with van der Waals surface area (Å²) in [6.07, 6.45) is 10.2. The smallest absolute Gasteiger partial charge is 0.236 e. The molecule has 1 saturated heterocycles. The Kier molecular flexibility index (Phi) is 7.35. The molecule has 2 aromatic rings. The van der Waals surface area contributed by atoms with Crippen LogP contribution in [0.25, 0.3) is 0 Å². The van der Waals surface area contributed by atoms with Gasteiger partial charge in [-0.1, -0.05) is 19.3 Å². The minimum absolute atomic E-state index is 0.263. The minimum Gasteiger partial charge on any atom is -0.342 e. The Morgan fingerprint density at radius 2 is 1.84 bits per heavy atom. The van der Waals surface area contributed by atoms with Crippen LogP contribution >= 0.6 is 0 Å². The summed E-state index contributed by atoms with van der Waals surface area (Å²) in [5.74, 6) is 1.23. The number of rotatable bonds is 6. The molecule has 0 bridgehead atoms. The second-order valence-electron chi connectivity index (χ2n) is 9.44. The van der Waals surface area contributed by atoms with Crippen LogP contribution in [-0.2, 0) is 4.79 Å². The highest BCUT2D eigenvalue weighted by atomic mass is 16.2. The van der Waals surface area contributed by atoms with E-state index in [4.69, 9.17) is 4.98 Å². The van der Waals surface area contributed by atoms with E-state index < -0.39 is 0 Å². The van der Waals surface area contributed by atoms with Crippen LogP contribution < -0.4 is 5.32 Å². The lowest BCUT2D eigenvalue weighted by molar-refractivity contribution is -0.134. The van der Waals surface area contributed by atoms with Crippen molar-refractivity contribution in [3.63, 3.8) is 0 Å². The minimum atomic E-state index is 0.263. The summed E-state index contributed by atoms with van der Waals surface area (Å²) < 4.78 is 0. The molecule has 1 N–H and O–H groups in total. The van der Waals surface area contributed by atoms with E-state index in [9.17, 15) is 4.79 Å². The third-order valence-electron chi connectivity index (χ3n) is 6.82. The third-order valence-corrected chi connectivity index (χ3v) is 6.82. The number of likely N-dealkylation sites (tertiary alicyclic amines) is 1. The van der Waals surface area contributed by atoms with Crippen LogP contribution in [-0.4, -0.2) is 63.4 Å². The first-order valence-corrected chi connectivity index (χ1v) is 12.0. The van der Waals surface area contributed by atoms with Gasteiger partial charge in [-0.15, -0.1) is 0 Å². The largest absolute Gasteiger partial charge is 0.342 e. The lowest BCUT2D eigenvalue weighted by atomic mass is 9.93. The average Bonchev–Trinajstić information content (AvgIpc) is 2.79. The van der Waals surface area contributed by atoms with E-state index in [1.54, 1.807) is 0 Å². The number of amides is 1. The zero-order valence-electron chi connectivity index (χ0n) is 19.7. The fraction of sp³-hybridized carbons (Fsp3) is 0.600. The molecule has 3 heterocycles. The Morgan fingerprint density at radius 3 is 2.53 bits per heavy atom. The highest BCUT2D eigenvalue weighted by molar-refractivity contribution is 5.78. The second-order valence-corrected chi connectivity index (χ2v) is 9.44. The monoisotopic (exact) mass is 436 g/mol. The number of anilines is 2. The molecular weight excluding hydrogens is 400 g/mol. The average molecular weight is 437 g/mol. The van der Waals surface area contributed by atoms with Gasteiger partial charge in [-0.2, -0.15) is 0 Å². The number of hydrogen-bond donors (Lipinski definition) is 1. The van der Waals surface area contributed by atoms with Gasteiger partial charge in [0.15, 0.2) is 0 Å². The Hall–Kier alpha value is -2.54. The summed E-state index contributed by atoms with van der Waals surface area (Å²) in [4.78, 5) is 30.8. The molecule has 7 nitrogen and oxygen atoms in total. The maximum atomic E-state index is 12.9. The second kappa shape index (κ2) is 10.4. The van der Waals surface area contributed by atoms with Crippen LogP contribution in [0.15, 0.2) is 24.4 Å². The van der Waals surface area contributed by atoms with Gasteiger partial charge < -0.3 is 10.2 Å². The van der Waals surface area contributed by atoms with Crippen molar-refractivity contribution in [3.05, 3.63) is 41.5 Å². The molecule has 1 aliphatic heterocycles. The molecule has 4 rings (SSSR count). The maximum absolute atomic E-state index is 12.9. The molecule has 1 amide bonds. The first kappa shape index (κ1) is 22.6. The molecule has 1 atom stereocenters. The normalized spacial score (nSPS) is 20.2. The van der Waals surface area contributed by atoms with Crippen molar-refractivity contribution in [1.29, 1.82) is 0 Å². The zero-order chi connectivity index (χ0) is 22.5. The van der Waals surface area contributed by atoms with Gasteiger partial charge in [0, 0.05) is 42.6 Å². The first-order valence-electron chi connectivity index (χ1n) is 12.0. The van der Waals surface area contributed by atoms with Crippen molar-refractivity contribution in [2.75, 3.05) is 32.0 Å². The van der Waals surface area contributed by atoms with Crippen LogP contribution in [0.4, 0.5) is 11.6 Å². The molecule has 0 radical (unpaired) electrons. The summed E-state index contributed by atoms with van der Waals surface area (Å²) >= 11 is 0. The molecule has 172 valence electrons. The lowest BCUT2D eigenvalue weighted by Crippen LogP contribution is -2.46. The van der Waals surface area contributed by atoms with Crippen LogP contribution in [0, 0.1) is 13.8 Å². The fourth-order valence-corrected chi connectivity index (χ4v) is 5.05. The number of nitrogens with one attached hydrogen (secondary N) is 1. The van der Waals surface area contributed by atoms with Gasteiger partial charge in [0.25, 0.3) is 0 Å². The maximum Gasteiger partial charge on any atom is 0.236 e. The zero-order valence-corrected chi connectivity index (χ0v) is 19.7. The van der Waals surface area contributed by atoms with Crippen molar-refractivity contribution < 1.29 is 4.79 Å². The van der Waals surface area contributed by atoms with E-state index in [0.29, 0.717) is 24.5 Å². The van der Waals surface area contributed by atoms with Gasteiger partial charge in [-0.05, 0) is 64.3 Å². The molecule has 2 aliphatic rings. The van der Waals surface area contributed by atoms with E-state index in [1.165, 1.54) is 19.3 Å². The molecule has 1 aliphatic carbocycles. The van der Waals surface area contributed by atoms with E-state index in [1.807, 2.05) is 44.1 Å². The molecule has 7 heteroatoms. The van der Waals surface area contributed by atoms with E-state index in [0.717, 1.165) is 61.5 Å². The van der Waals surface area contributed by atoms with Gasteiger partial charge in [-0.3, -0.25) is 14.7 Å². The lowest BCUT2D eigenvalue weighted by Gasteiger charge is -2.36. The number of carbonyl (C=O) groups excluding carboxylic acids is 1. The number of hydrogen-bond acceptors (Lipinski definition) is 6. The highest BCUT2D eigenvalue weighted by Crippen LogP contribution is 2.27. The van der Waals surface area contributed by atoms with Crippen LogP contribution in [0.5, 0.6) is 0 Å². The van der Waals surface area contributed by atoms with Crippen molar-refractivity contribution in [2.45, 2.75) is 70.8 Å². The molecule has 0 spiro atoms. The summed E-state index contributed by atoms with van der Waals surface area (Å²) in [5, 5.41) is 3.25. The van der Waals surface area contributed by atoms with Gasteiger partial charge in [0.2, 0.25) is 11.9 Å². The number of likely N-dealkylation sites (N-methyl/N-ethyl adjacent to an activating group) is 1. The predicted molar refractivity (Wildman–Crippen MR) is 127 cm³/mol.